The molecule has 0 fully saturated rings. The van der Waals surface area contributed by atoms with Crippen LogP contribution in [0.1, 0.15) is 27.6 Å². The molecular weight excluding hydrogens is 234 g/mol. The van der Waals surface area contributed by atoms with Gasteiger partial charge in [0.05, 0.1) is 12.1 Å². The summed E-state index contributed by atoms with van der Waals surface area (Å²) in [6.07, 6.45) is 0. The number of nitrogens with one attached hydrogen (secondary N) is 1. The van der Waals surface area contributed by atoms with Gasteiger partial charge in [0.25, 0.3) is 0 Å². The van der Waals surface area contributed by atoms with E-state index in [2.05, 4.69) is 15.5 Å². The van der Waals surface area contributed by atoms with Gasteiger partial charge in [-0.15, -0.1) is 0 Å². The summed E-state index contributed by atoms with van der Waals surface area (Å²) in [7, 11) is 0. The molecule has 1 aromatic carbocycles. The zero-order valence-corrected chi connectivity index (χ0v) is 10.1. The number of hydrogen-bond acceptors (Lipinski definition) is 5. The number of hydrogen-bond donors (Lipinski definition) is 2. The minimum absolute atomic E-state index is 0.228. The van der Waals surface area contributed by atoms with Crippen molar-refractivity contribution < 1.29 is 14.4 Å². The molecule has 0 atom stereocenters. The molecule has 2 aromatic rings. The highest BCUT2D eigenvalue weighted by molar-refractivity contribution is 5.94. The summed E-state index contributed by atoms with van der Waals surface area (Å²) >= 11 is 0. The van der Waals surface area contributed by atoms with Crippen molar-refractivity contribution in [2.45, 2.75) is 20.4 Å². The summed E-state index contributed by atoms with van der Waals surface area (Å²) in [5.41, 5.74) is 1.65. The largest absolute Gasteiger partial charge is 0.478 e. The summed E-state index contributed by atoms with van der Waals surface area (Å²) in [6, 6.07) is 5.18. The Kier molecular flexibility index (Phi) is 3.27. The van der Waals surface area contributed by atoms with E-state index in [1.807, 2.05) is 13.0 Å². The van der Waals surface area contributed by atoms with Crippen molar-refractivity contribution in [1.29, 1.82) is 0 Å². The third-order valence-corrected chi connectivity index (χ3v) is 2.41. The smallest absolute Gasteiger partial charge is 0.337 e. The minimum atomic E-state index is -0.970. The van der Waals surface area contributed by atoms with Crippen LogP contribution in [0.3, 0.4) is 0 Å². The van der Waals surface area contributed by atoms with Crippen LogP contribution in [-0.2, 0) is 6.54 Å². The van der Waals surface area contributed by atoms with Crippen molar-refractivity contribution in [3.63, 3.8) is 0 Å². The third kappa shape index (κ3) is 2.65. The van der Waals surface area contributed by atoms with E-state index in [0.29, 0.717) is 23.9 Å². The Morgan fingerprint density at radius 3 is 2.83 bits per heavy atom. The molecule has 0 aliphatic carbocycles. The number of anilines is 1. The number of aryl methyl sites for hydroxylation is 2. The van der Waals surface area contributed by atoms with E-state index >= 15 is 0 Å². The van der Waals surface area contributed by atoms with Crippen LogP contribution in [-0.4, -0.2) is 21.2 Å². The number of carboxylic acid groups (broad SMARTS) is 1. The fourth-order valence-corrected chi connectivity index (χ4v) is 1.57. The molecule has 18 heavy (non-hydrogen) atoms. The van der Waals surface area contributed by atoms with Crippen LogP contribution in [0.4, 0.5) is 5.69 Å². The predicted octanol–water partition coefficient (Wildman–Crippen LogP) is 2.00. The van der Waals surface area contributed by atoms with Gasteiger partial charge in [0.15, 0.2) is 5.82 Å². The molecule has 0 saturated heterocycles. The molecule has 0 saturated carbocycles. The Morgan fingerprint density at radius 1 is 1.44 bits per heavy atom. The lowest BCUT2D eigenvalue weighted by molar-refractivity contribution is 0.0698. The Labute approximate surface area is 104 Å². The Morgan fingerprint density at radius 2 is 2.22 bits per heavy atom. The molecule has 0 radical (unpaired) electrons. The molecule has 0 amide bonds. The van der Waals surface area contributed by atoms with Gasteiger partial charge in [-0.3, -0.25) is 0 Å². The maximum Gasteiger partial charge on any atom is 0.337 e. The van der Waals surface area contributed by atoms with Crippen LogP contribution in [0.2, 0.25) is 0 Å². The Balaban J connectivity index is 2.16. The van der Waals surface area contributed by atoms with Gasteiger partial charge < -0.3 is 14.9 Å². The first-order valence-corrected chi connectivity index (χ1v) is 5.43. The highest BCUT2D eigenvalue weighted by Crippen LogP contribution is 2.18. The van der Waals surface area contributed by atoms with Crippen LogP contribution < -0.4 is 5.32 Å². The second-order valence-corrected chi connectivity index (χ2v) is 3.94. The normalized spacial score (nSPS) is 10.3. The Hall–Kier alpha value is -2.37. The molecule has 0 aliphatic heterocycles. The standard InChI is InChI=1S/C12H13N3O3/c1-7-3-4-10(9(5-7)12(16)17)13-6-11-14-8(2)15-18-11/h3-5,13H,6H2,1-2H3,(H,16,17). The zero-order valence-electron chi connectivity index (χ0n) is 10.1. The van der Waals surface area contributed by atoms with Gasteiger partial charge in [-0.25, -0.2) is 4.79 Å². The first-order chi connectivity index (χ1) is 8.56. The van der Waals surface area contributed by atoms with Crippen LogP contribution in [0.15, 0.2) is 22.7 Å². The number of carboxylic acids is 1. The number of carbonyl (C=O) groups is 1. The molecule has 1 heterocycles. The topological polar surface area (TPSA) is 88.3 Å². The van der Waals surface area contributed by atoms with Crippen molar-refractivity contribution in [2.24, 2.45) is 0 Å². The van der Waals surface area contributed by atoms with Crippen molar-refractivity contribution in [2.75, 3.05) is 5.32 Å². The van der Waals surface area contributed by atoms with Gasteiger partial charge in [0.1, 0.15) is 0 Å². The lowest BCUT2D eigenvalue weighted by Crippen LogP contribution is -2.07. The lowest BCUT2D eigenvalue weighted by Gasteiger charge is -2.08. The predicted molar refractivity (Wildman–Crippen MR) is 64.5 cm³/mol. The SMILES string of the molecule is Cc1ccc(NCc2nc(C)no2)c(C(=O)O)c1. The fourth-order valence-electron chi connectivity index (χ4n) is 1.57. The minimum Gasteiger partial charge on any atom is -0.478 e. The fraction of sp³-hybridized carbons (Fsp3) is 0.250. The number of rotatable bonds is 4. The second kappa shape index (κ2) is 4.87. The monoisotopic (exact) mass is 247 g/mol. The van der Waals surface area contributed by atoms with Gasteiger partial charge in [0, 0.05) is 5.69 Å². The van der Waals surface area contributed by atoms with E-state index in [9.17, 15) is 4.79 Å². The molecule has 0 spiro atoms. The summed E-state index contributed by atoms with van der Waals surface area (Å²) in [4.78, 5) is 15.1. The Bertz CT molecular complexity index is 578. The molecule has 2 N–H and O–H groups in total. The van der Waals surface area contributed by atoms with Crippen molar-refractivity contribution >= 4 is 11.7 Å². The maximum atomic E-state index is 11.1. The third-order valence-electron chi connectivity index (χ3n) is 2.41. The molecule has 0 aliphatic rings. The summed E-state index contributed by atoms with van der Waals surface area (Å²) in [5, 5.41) is 15.7. The molecule has 1 aromatic heterocycles. The lowest BCUT2D eigenvalue weighted by atomic mass is 10.1. The first-order valence-electron chi connectivity index (χ1n) is 5.43. The van der Waals surface area contributed by atoms with Gasteiger partial charge in [-0.2, -0.15) is 4.98 Å². The molecule has 0 bridgehead atoms. The quantitative estimate of drug-likeness (QED) is 0.859. The number of aromatic nitrogens is 2. The van der Waals surface area contributed by atoms with E-state index in [0.717, 1.165) is 5.56 Å². The van der Waals surface area contributed by atoms with Gasteiger partial charge in [-0.1, -0.05) is 16.8 Å². The number of nitrogens with zero attached hydrogens (tertiary/aromatic N) is 2. The first kappa shape index (κ1) is 12.1. The molecule has 0 unspecified atom stereocenters. The average Bonchev–Trinajstić information content (AvgIpc) is 2.73. The summed E-state index contributed by atoms with van der Waals surface area (Å²) < 4.78 is 4.94. The van der Waals surface area contributed by atoms with Crippen molar-refractivity contribution in [1.82, 2.24) is 10.1 Å². The van der Waals surface area contributed by atoms with Gasteiger partial charge >= 0.3 is 5.97 Å². The van der Waals surface area contributed by atoms with Crippen molar-refractivity contribution in [3.05, 3.63) is 41.0 Å². The van der Waals surface area contributed by atoms with E-state index < -0.39 is 5.97 Å². The molecule has 6 nitrogen and oxygen atoms in total. The summed E-state index contributed by atoms with van der Waals surface area (Å²) in [5.74, 6) is 0.00138. The van der Waals surface area contributed by atoms with Crippen LogP contribution in [0.25, 0.3) is 0 Å². The number of aromatic carboxylic acids is 1. The van der Waals surface area contributed by atoms with E-state index in [-0.39, 0.29) is 5.56 Å². The molecule has 2 rings (SSSR count). The average molecular weight is 247 g/mol. The van der Waals surface area contributed by atoms with Crippen LogP contribution in [0.5, 0.6) is 0 Å². The highest BCUT2D eigenvalue weighted by atomic mass is 16.5. The van der Waals surface area contributed by atoms with E-state index in [1.165, 1.54) is 0 Å². The molecule has 94 valence electrons. The maximum absolute atomic E-state index is 11.1. The van der Waals surface area contributed by atoms with Gasteiger partial charge in [-0.05, 0) is 26.0 Å². The molecular formula is C12H13N3O3. The van der Waals surface area contributed by atoms with E-state index in [1.54, 1.807) is 19.1 Å². The van der Waals surface area contributed by atoms with Crippen LogP contribution >= 0.6 is 0 Å². The second-order valence-electron chi connectivity index (χ2n) is 3.94. The zero-order chi connectivity index (χ0) is 13.1. The van der Waals surface area contributed by atoms with Crippen LogP contribution in [0, 0.1) is 13.8 Å². The summed E-state index contributed by atoms with van der Waals surface area (Å²) in [6.45, 7) is 3.86. The van der Waals surface area contributed by atoms with Gasteiger partial charge in [0.2, 0.25) is 5.89 Å². The van der Waals surface area contributed by atoms with Crippen molar-refractivity contribution in [3.8, 4) is 0 Å². The highest BCUT2D eigenvalue weighted by Gasteiger charge is 2.11. The molecule has 6 heteroatoms. The van der Waals surface area contributed by atoms with E-state index in [4.69, 9.17) is 9.63 Å². The number of benzene rings is 1.